The normalized spacial score (nSPS) is 10.5. The lowest BCUT2D eigenvalue weighted by molar-refractivity contribution is 0.102. The van der Waals surface area contributed by atoms with Crippen LogP contribution in [0.5, 0.6) is 0 Å². The molecule has 27 heavy (non-hydrogen) atoms. The molecule has 5 nitrogen and oxygen atoms in total. The summed E-state index contributed by atoms with van der Waals surface area (Å²) in [6.07, 6.45) is 4.86. The number of hydrogen-bond acceptors (Lipinski definition) is 4. The van der Waals surface area contributed by atoms with Crippen molar-refractivity contribution >= 4 is 23.2 Å². The molecule has 138 valence electrons. The summed E-state index contributed by atoms with van der Waals surface area (Å²) in [5.74, 6) is 0.348. The molecule has 1 heterocycles. The Kier molecular flexibility index (Phi) is 5.81. The Bertz CT molecular complexity index is 885. The fraction of sp³-hybridized carbons (Fsp3) is 0.227. The first-order valence-electron chi connectivity index (χ1n) is 9.17. The molecule has 1 amide bonds. The highest BCUT2D eigenvalue weighted by Gasteiger charge is 2.14. The Morgan fingerprint density at radius 1 is 0.926 bits per heavy atom. The fourth-order valence-corrected chi connectivity index (χ4v) is 2.97. The Labute approximate surface area is 160 Å². The van der Waals surface area contributed by atoms with E-state index < -0.39 is 0 Å². The molecular weight excluding hydrogens is 336 g/mol. The predicted octanol–water partition coefficient (Wildman–Crippen LogP) is 4.62. The molecule has 0 aliphatic rings. The molecule has 0 aliphatic carbocycles. The molecule has 0 fully saturated rings. The summed E-state index contributed by atoms with van der Waals surface area (Å²) in [6.45, 7) is 4.17. The minimum absolute atomic E-state index is 0.195. The topological polar surface area (TPSA) is 58.1 Å². The second-order valence-corrected chi connectivity index (χ2v) is 6.28. The van der Waals surface area contributed by atoms with E-state index in [-0.39, 0.29) is 5.91 Å². The largest absolute Gasteiger partial charge is 0.321 e. The second kappa shape index (κ2) is 8.45. The van der Waals surface area contributed by atoms with Gasteiger partial charge in [0, 0.05) is 30.8 Å². The lowest BCUT2D eigenvalue weighted by atomic mass is 10.0. The molecule has 0 spiro atoms. The maximum atomic E-state index is 12.7. The van der Waals surface area contributed by atoms with Gasteiger partial charge in [0.1, 0.15) is 0 Å². The SMILES string of the molecule is CCc1cccc(CC)c1NC(=O)c1cnc(N(C)c2ccccc2)nc1. The molecule has 1 N–H and O–H groups in total. The van der Waals surface area contributed by atoms with Crippen LogP contribution in [0.2, 0.25) is 0 Å². The van der Waals surface area contributed by atoms with E-state index in [1.165, 1.54) is 0 Å². The number of aryl methyl sites for hydroxylation is 2. The van der Waals surface area contributed by atoms with Gasteiger partial charge in [-0.15, -0.1) is 0 Å². The standard InChI is InChI=1S/C22H24N4O/c1-4-16-10-9-11-17(5-2)20(16)25-21(27)18-14-23-22(24-15-18)26(3)19-12-7-6-8-13-19/h6-15H,4-5H2,1-3H3,(H,25,27). The molecule has 3 rings (SSSR count). The molecule has 0 saturated heterocycles. The summed E-state index contributed by atoms with van der Waals surface area (Å²) in [6, 6.07) is 16.0. The smallest absolute Gasteiger partial charge is 0.258 e. The highest BCUT2D eigenvalue weighted by molar-refractivity contribution is 6.04. The molecule has 2 aromatic carbocycles. The molecule has 0 radical (unpaired) electrons. The van der Waals surface area contributed by atoms with Gasteiger partial charge < -0.3 is 10.2 Å². The van der Waals surface area contributed by atoms with E-state index in [1.807, 2.05) is 60.5 Å². The first-order chi connectivity index (χ1) is 13.1. The van der Waals surface area contributed by atoms with E-state index in [9.17, 15) is 4.79 Å². The number of nitrogens with one attached hydrogen (secondary N) is 1. The number of aromatic nitrogens is 2. The van der Waals surface area contributed by atoms with Crippen molar-refractivity contribution in [3.63, 3.8) is 0 Å². The summed E-state index contributed by atoms with van der Waals surface area (Å²) < 4.78 is 0. The Morgan fingerprint density at radius 3 is 2.07 bits per heavy atom. The zero-order valence-corrected chi connectivity index (χ0v) is 15.9. The zero-order chi connectivity index (χ0) is 19.2. The van der Waals surface area contributed by atoms with Crippen LogP contribution in [-0.2, 0) is 12.8 Å². The summed E-state index contributed by atoms with van der Waals surface area (Å²) in [4.78, 5) is 23.3. The summed E-state index contributed by atoms with van der Waals surface area (Å²) in [5, 5.41) is 3.05. The number of para-hydroxylation sites is 2. The third-order valence-electron chi connectivity index (χ3n) is 4.58. The average Bonchev–Trinajstić information content (AvgIpc) is 2.74. The number of carbonyl (C=O) groups excluding carboxylic acids is 1. The van der Waals surface area contributed by atoms with Gasteiger partial charge in [-0.2, -0.15) is 0 Å². The Morgan fingerprint density at radius 2 is 1.52 bits per heavy atom. The van der Waals surface area contributed by atoms with Gasteiger partial charge in [0.25, 0.3) is 5.91 Å². The highest BCUT2D eigenvalue weighted by Crippen LogP contribution is 2.24. The molecule has 1 aromatic heterocycles. The molecule has 0 aliphatic heterocycles. The van der Waals surface area contributed by atoms with E-state index in [2.05, 4.69) is 29.1 Å². The number of amides is 1. The molecule has 0 atom stereocenters. The third kappa shape index (κ3) is 4.14. The van der Waals surface area contributed by atoms with E-state index >= 15 is 0 Å². The van der Waals surface area contributed by atoms with Crippen molar-refractivity contribution in [2.75, 3.05) is 17.3 Å². The van der Waals surface area contributed by atoms with Crippen molar-refractivity contribution in [1.82, 2.24) is 9.97 Å². The van der Waals surface area contributed by atoms with Crippen molar-refractivity contribution in [1.29, 1.82) is 0 Å². The number of hydrogen-bond donors (Lipinski definition) is 1. The molecule has 0 bridgehead atoms. The zero-order valence-electron chi connectivity index (χ0n) is 15.9. The van der Waals surface area contributed by atoms with E-state index in [0.29, 0.717) is 11.5 Å². The average molecular weight is 360 g/mol. The van der Waals surface area contributed by atoms with Crippen LogP contribution in [0, 0.1) is 0 Å². The number of anilines is 3. The van der Waals surface area contributed by atoms with Gasteiger partial charge >= 0.3 is 0 Å². The Balaban J connectivity index is 1.79. The lowest BCUT2D eigenvalue weighted by Gasteiger charge is -2.17. The summed E-state index contributed by atoms with van der Waals surface area (Å²) in [5.41, 5.74) is 4.58. The molecule has 5 heteroatoms. The summed E-state index contributed by atoms with van der Waals surface area (Å²) >= 11 is 0. The number of benzene rings is 2. The van der Waals surface area contributed by atoms with Crippen LogP contribution in [0.3, 0.4) is 0 Å². The molecule has 3 aromatic rings. The van der Waals surface area contributed by atoms with Crippen molar-refractivity contribution in [3.8, 4) is 0 Å². The maximum Gasteiger partial charge on any atom is 0.258 e. The van der Waals surface area contributed by atoms with E-state index in [1.54, 1.807) is 12.4 Å². The van der Waals surface area contributed by atoms with Crippen LogP contribution >= 0.6 is 0 Å². The second-order valence-electron chi connectivity index (χ2n) is 6.28. The molecular formula is C22H24N4O. The van der Waals surface area contributed by atoms with Gasteiger partial charge in [0.15, 0.2) is 0 Å². The highest BCUT2D eigenvalue weighted by atomic mass is 16.1. The van der Waals surface area contributed by atoms with Gasteiger partial charge in [-0.05, 0) is 36.1 Å². The minimum atomic E-state index is -0.195. The third-order valence-corrected chi connectivity index (χ3v) is 4.58. The monoisotopic (exact) mass is 360 g/mol. The van der Waals surface area contributed by atoms with Crippen molar-refractivity contribution in [3.05, 3.63) is 77.6 Å². The van der Waals surface area contributed by atoms with Crippen LogP contribution in [-0.4, -0.2) is 22.9 Å². The van der Waals surface area contributed by atoms with Crippen molar-refractivity contribution < 1.29 is 4.79 Å². The fourth-order valence-electron chi connectivity index (χ4n) is 2.97. The van der Waals surface area contributed by atoms with Crippen LogP contribution in [0.15, 0.2) is 60.9 Å². The van der Waals surface area contributed by atoms with Crippen molar-refractivity contribution in [2.24, 2.45) is 0 Å². The molecule has 0 unspecified atom stereocenters. The van der Waals surface area contributed by atoms with Crippen LogP contribution in [0.4, 0.5) is 17.3 Å². The van der Waals surface area contributed by atoms with Gasteiger partial charge in [-0.1, -0.05) is 50.2 Å². The number of nitrogens with zero attached hydrogens (tertiary/aromatic N) is 3. The molecule has 0 saturated carbocycles. The quantitative estimate of drug-likeness (QED) is 0.697. The first-order valence-corrected chi connectivity index (χ1v) is 9.17. The van der Waals surface area contributed by atoms with Crippen LogP contribution in [0.1, 0.15) is 35.3 Å². The number of rotatable bonds is 6. The predicted molar refractivity (Wildman–Crippen MR) is 110 cm³/mol. The lowest BCUT2D eigenvalue weighted by Crippen LogP contribution is -2.17. The van der Waals surface area contributed by atoms with Gasteiger partial charge in [0.05, 0.1) is 5.56 Å². The first kappa shape index (κ1) is 18.6. The van der Waals surface area contributed by atoms with Crippen LogP contribution < -0.4 is 10.2 Å². The van der Waals surface area contributed by atoms with Crippen molar-refractivity contribution in [2.45, 2.75) is 26.7 Å². The van der Waals surface area contributed by atoms with Gasteiger partial charge in [0.2, 0.25) is 5.95 Å². The van der Waals surface area contributed by atoms with E-state index in [0.717, 1.165) is 35.3 Å². The summed E-state index contributed by atoms with van der Waals surface area (Å²) in [7, 11) is 1.90. The Hall–Kier alpha value is -3.21. The maximum absolute atomic E-state index is 12.7. The van der Waals surface area contributed by atoms with E-state index in [4.69, 9.17) is 0 Å². The van der Waals surface area contributed by atoms with Crippen LogP contribution in [0.25, 0.3) is 0 Å². The number of carbonyl (C=O) groups is 1. The minimum Gasteiger partial charge on any atom is -0.321 e. The van der Waals surface area contributed by atoms with Gasteiger partial charge in [-0.3, -0.25) is 4.79 Å². The van der Waals surface area contributed by atoms with Gasteiger partial charge in [-0.25, -0.2) is 9.97 Å².